The second kappa shape index (κ2) is 9.74. The molecule has 3 aromatic heterocycles. The highest BCUT2D eigenvalue weighted by Crippen LogP contribution is 2.31. The van der Waals surface area contributed by atoms with Crippen molar-refractivity contribution in [2.24, 2.45) is 0 Å². The Labute approximate surface area is 198 Å². The SMILES string of the molecule is CCc1nc2c(N)ncc(-c3cnn(-c4ccc(CNC)cc4)c3)c2nc1NC1CCOCC1. The van der Waals surface area contributed by atoms with Gasteiger partial charge < -0.3 is 21.1 Å². The van der Waals surface area contributed by atoms with Crippen molar-refractivity contribution >= 4 is 22.7 Å². The first-order valence-electron chi connectivity index (χ1n) is 11.7. The molecule has 0 amide bonds. The molecule has 4 N–H and O–H groups in total. The average Bonchev–Trinajstić information content (AvgIpc) is 3.35. The molecule has 176 valence electrons. The Morgan fingerprint density at radius 2 is 1.88 bits per heavy atom. The minimum atomic E-state index is 0.321. The van der Waals surface area contributed by atoms with Crippen molar-refractivity contribution in [1.29, 1.82) is 0 Å². The molecule has 0 atom stereocenters. The number of anilines is 2. The first-order valence-corrected chi connectivity index (χ1v) is 11.7. The van der Waals surface area contributed by atoms with Crippen molar-refractivity contribution in [3.05, 3.63) is 54.1 Å². The van der Waals surface area contributed by atoms with E-state index >= 15 is 0 Å². The molecule has 0 saturated carbocycles. The number of nitrogen functional groups attached to an aromatic ring is 1. The van der Waals surface area contributed by atoms with E-state index in [2.05, 4.69) is 51.9 Å². The summed E-state index contributed by atoms with van der Waals surface area (Å²) in [6, 6.07) is 8.64. The maximum Gasteiger partial charge on any atom is 0.151 e. The zero-order chi connectivity index (χ0) is 23.5. The van der Waals surface area contributed by atoms with Crippen molar-refractivity contribution in [1.82, 2.24) is 30.0 Å². The highest BCUT2D eigenvalue weighted by atomic mass is 16.5. The minimum Gasteiger partial charge on any atom is -0.382 e. The number of nitrogens with one attached hydrogen (secondary N) is 2. The Hall–Kier alpha value is -3.56. The predicted octanol–water partition coefficient (Wildman–Crippen LogP) is 3.33. The molecule has 1 aromatic carbocycles. The molecule has 4 heterocycles. The zero-order valence-corrected chi connectivity index (χ0v) is 19.6. The van der Waals surface area contributed by atoms with Gasteiger partial charge in [0.25, 0.3) is 0 Å². The molecule has 1 fully saturated rings. The second-order valence-electron chi connectivity index (χ2n) is 8.53. The number of ether oxygens (including phenoxy) is 1. The van der Waals surface area contributed by atoms with E-state index in [1.165, 1.54) is 5.56 Å². The van der Waals surface area contributed by atoms with Crippen LogP contribution in [0.15, 0.2) is 42.9 Å². The first-order chi connectivity index (χ1) is 16.7. The van der Waals surface area contributed by atoms with Crippen molar-refractivity contribution in [2.75, 3.05) is 31.3 Å². The van der Waals surface area contributed by atoms with Crippen LogP contribution in [0.25, 0.3) is 27.8 Å². The number of benzene rings is 1. The number of nitrogens with two attached hydrogens (primary N) is 1. The molecule has 0 radical (unpaired) electrons. The monoisotopic (exact) mass is 458 g/mol. The lowest BCUT2D eigenvalue weighted by Crippen LogP contribution is -2.29. The van der Waals surface area contributed by atoms with E-state index < -0.39 is 0 Å². The van der Waals surface area contributed by atoms with Crippen LogP contribution in [0, 0.1) is 0 Å². The molecule has 0 unspecified atom stereocenters. The van der Waals surface area contributed by atoms with Gasteiger partial charge in [-0.2, -0.15) is 5.10 Å². The fourth-order valence-corrected chi connectivity index (χ4v) is 4.28. The number of hydrogen-bond donors (Lipinski definition) is 3. The fraction of sp³-hybridized carbons (Fsp3) is 0.360. The largest absolute Gasteiger partial charge is 0.382 e. The molecular formula is C25H30N8O. The summed E-state index contributed by atoms with van der Waals surface area (Å²) in [5, 5.41) is 11.3. The third-order valence-corrected chi connectivity index (χ3v) is 6.17. The maximum atomic E-state index is 6.22. The van der Waals surface area contributed by atoms with Gasteiger partial charge in [0.2, 0.25) is 0 Å². The molecule has 5 rings (SSSR count). The summed E-state index contributed by atoms with van der Waals surface area (Å²) in [6.07, 6.45) is 8.23. The van der Waals surface area contributed by atoms with Gasteiger partial charge >= 0.3 is 0 Å². The summed E-state index contributed by atoms with van der Waals surface area (Å²) in [5.41, 5.74) is 12.4. The van der Waals surface area contributed by atoms with Crippen molar-refractivity contribution in [3.8, 4) is 16.8 Å². The van der Waals surface area contributed by atoms with Crippen molar-refractivity contribution in [2.45, 2.75) is 38.8 Å². The standard InChI is InChI=1S/C25H30N8O/c1-3-21-25(30-18-8-10-34-11-9-18)32-22-20(14-28-24(26)23(22)31-21)17-13-29-33(15-17)19-6-4-16(5-7-19)12-27-2/h4-7,13-15,18,27H,3,8-12H2,1-2H3,(H2,26,28)(H,30,32). The molecular weight excluding hydrogens is 428 g/mol. The average molecular weight is 459 g/mol. The highest BCUT2D eigenvalue weighted by molar-refractivity contribution is 5.96. The number of pyridine rings is 1. The van der Waals surface area contributed by atoms with E-state index in [-0.39, 0.29) is 0 Å². The third-order valence-electron chi connectivity index (χ3n) is 6.17. The predicted molar refractivity (Wildman–Crippen MR) is 134 cm³/mol. The molecule has 0 spiro atoms. The molecule has 34 heavy (non-hydrogen) atoms. The van der Waals surface area contributed by atoms with Gasteiger partial charge in [0.15, 0.2) is 5.82 Å². The molecule has 9 heteroatoms. The Morgan fingerprint density at radius 1 is 1.09 bits per heavy atom. The molecule has 1 aliphatic heterocycles. The molecule has 0 aliphatic carbocycles. The van der Waals surface area contributed by atoms with E-state index in [9.17, 15) is 0 Å². The topological polar surface area (TPSA) is 116 Å². The van der Waals surface area contributed by atoms with Gasteiger partial charge in [-0.05, 0) is 44.0 Å². The Morgan fingerprint density at radius 3 is 2.62 bits per heavy atom. The van der Waals surface area contributed by atoms with Gasteiger partial charge in [-0.3, -0.25) is 0 Å². The first kappa shape index (κ1) is 22.2. The van der Waals surface area contributed by atoms with Gasteiger partial charge in [-0.15, -0.1) is 0 Å². The van der Waals surface area contributed by atoms with E-state index in [0.717, 1.165) is 72.9 Å². The third kappa shape index (κ3) is 4.44. The Bertz CT molecular complexity index is 1280. The highest BCUT2D eigenvalue weighted by Gasteiger charge is 2.19. The van der Waals surface area contributed by atoms with Crippen molar-refractivity contribution < 1.29 is 4.74 Å². The molecule has 0 bridgehead atoms. The van der Waals surface area contributed by atoms with Crippen LogP contribution >= 0.6 is 0 Å². The Balaban J connectivity index is 1.53. The van der Waals surface area contributed by atoms with Crippen LogP contribution in [0.1, 0.15) is 31.0 Å². The maximum absolute atomic E-state index is 6.22. The van der Waals surface area contributed by atoms with E-state index in [1.54, 1.807) is 6.20 Å². The lowest BCUT2D eigenvalue weighted by atomic mass is 10.1. The fourth-order valence-electron chi connectivity index (χ4n) is 4.28. The summed E-state index contributed by atoms with van der Waals surface area (Å²) in [6.45, 7) is 4.43. The number of fused-ring (bicyclic) bond motifs is 1. The van der Waals surface area contributed by atoms with Gasteiger partial charge in [-0.25, -0.2) is 19.6 Å². The molecule has 1 saturated heterocycles. The summed E-state index contributed by atoms with van der Waals surface area (Å²) in [7, 11) is 1.94. The second-order valence-corrected chi connectivity index (χ2v) is 8.53. The molecule has 1 aliphatic rings. The summed E-state index contributed by atoms with van der Waals surface area (Å²) in [5.74, 6) is 1.19. The van der Waals surface area contributed by atoms with Gasteiger partial charge in [0, 0.05) is 49.3 Å². The summed E-state index contributed by atoms with van der Waals surface area (Å²) < 4.78 is 7.36. The van der Waals surface area contributed by atoms with E-state index in [0.29, 0.717) is 17.4 Å². The Kier molecular flexibility index (Phi) is 6.37. The number of rotatable bonds is 7. The van der Waals surface area contributed by atoms with Crippen LogP contribution in [0.5, 0.6) is 0 Å². The molecule has 9 nitrogen and oxygen atoms in total. The van der Waals surface area contributed by atoms with Crippen molar-refractivity contribution in [3.63, 3.8) is 0 Å². The smallest absolute Gasteiger partial charge is 0.151 e. The molecule has 4 aromatic rings. The quantitative estimate of drug-likeness (QED) is 0.386. The number of aromatic nitrogens is 5. The lowest BCUT2D eigenvalue weighted by Gasteiger charge is -2.24. The van der Waals surface area contributed by atoms with Crippen LogP contribution < -0.4 is 16.4 Å². The van der Waals surface area contributed by atoms with Crippen LogP contribution in [-0.2, 0) is 17.7 Å². The van der Waals surface area contributed by atoms with Crippen LogP contribution in [0.4, 0.5) is 11.6 Å². The summed E-state index contributed by atoms with van der Waals surface area (Å²) >= 11 is 0. The zero-order valence-electron chi connectivity index (χ0n) is 19.6. The van der Waals surface area contributed by atoms with E-state index in [4.69, 9.17) is 20.4 Å². The van der Waals surface area contributed by atoms with Gasteiger partial charge in [0.1, 0.15) is 16.9 Å². The number of hydrogen-bond acceptors (Lipinski definition) is 8. The van der Waals surface area contributed by atoms with E-state index in [1.807, 2.05) is 24.1 Å². The lowest BCUT2D eigenvalue weighted by molar-refractivity contribution is 0.0903. The van der Waals surface area contributed by atoms with Crippen LogP contribution in [0.2, 0.25) is 0 Å². The van der Waals surface area contributed by atoms with Crippen LogP contribution in [0.3, 0.4) is 0 Å². The van der Waals surface area contributed by atoms with Gasteiger partial charge in [-0.1, -0.05) is 19.1 Å². The number of aryl methyl sites for hydroxylation is 1. The normalized spacial score (nSPS) is 14.5. The van der Waals surface area contributed by atoms with Gasteiger partial charge in [0.05, 0.1) is 17.6 Å². The number of nitrogens with zero attached hydrogens (tertiary/aromatic N) is 5. The minimum absolute atomic E-state index is 0.321. The summed E-state index contributed by atoms with van der Waals surface area (Å²) in [4.78, 5) is 14.3. The van der Waals surface area contributed by atoms with Crippen LogP contribution in [-0.4, -0.2) is 51.0 Å².